The Kier molecular flexibility index (Phi) is 13.1. The minimum Gasteiger partial charge on any atom is -0.508 e. The first kappa shape index (κ1) is 43.2. The van der Waals surface area contributed by atoms with E-state index in [1.54, 1.807) is 25.3 Å². The summed E-state index contributed by atoms with van der Waals surface area (Å²) in [7, 11) is 1.69. The summed E-state index contributed by atoms with van der Waals surface area (Å²) in [5.41, 5.74) is 12.9. The zero-order valence-corrected chi connectivity index (χ0v) is 36.4. The molecule has 1 saturated carbocycles. The molecule has 2 heterocycles. The molecular weight excluding hydrogens is 771 g/mol. The van der Waals surface area contributed by atoms with Gasteiger partial charge in [-0.05, 0) is 145 Å². The molecule has 3 aliphatic carbocycles. The van der Waals surface area contributed by atoms with Gasteiger partial charge in [0.05, 0.1) is 13.2 Å². The molecule has 61 heavy (non-hydrogen) atoms. The maximum absolute atomic E-state index is 12.2. The highest BCUT2D eigenvalue weighted by Gasteiger charge is 2.42. The number of fused-ring (bicyclic) bond motifs is 5. The summed E-state index contributed by atoms with van der Waals surface area (Å²) < 4.78 is 19.8. The van der Waals surface area contributed by atoms with Crippen LogP contribution in [-0.2, 0) is 19.3 Å². The molecule has 8 N–H and O–H groups in total. The van der Waals surface area contributed by atoms with E-state index in [4.69, 9.17) is 19.9 Å². The normalized spacial score (nSPS) is 29.4. The summed E-state index contributed by atoms with van der Waals surface area (Å²) in [5, 5.41) is 58.2. The molecule has 11 heteroatoms. The Morgan fingerprint density at radius 3 is 2.56 bits per heavy atom. The van der Waals surface area contributed by atoms with Gasteiger partial charge in [-0.1, -0.05) is 45.4 Å². The standard InChI is InChI=1S/C50H67N3O8/c1-5-28-18-30(10-9-29(28)14-16-54)37-19-33-21-41(57)34(17-27(2)3)20-38(33)48-46(59-4)25-44-39(47(37)48)24-42(58)49(61-44)31-11-12-40(56)45(22-31)60-43-8-6-7-32(26-55)36(43)23-35-13-15-52-50(51)53-35/h9-12,20-22,25,27-30,32,35-37,42-43,49,54-58H,5-8,13-19,23-24,26H2,1-4H3,(H3,51,52,53). The van der Waals surface area contributed by atoms with E-state index in [0.717, 1.165) is 97.6 Å². The average molecular weight is 838 g/mol. The quantitative estimate of drug-likeness (QED) is 0.0855. The average Bonchev–Trinajstić information content (AvgIpc) is 3.24. The molecule has 0 saturated heterocycles. The molecule has 10 atom stereocenters. The first-order valence-corrected chi connectivity index (χ1v) is 22.9. The Hall–Kier alpha value is -4.45. The predicted molar refractivity (Wildman–Crippen MR) is 237 cm³/mol. The summed E-state index contributed by atoms with van der Waals surface area (Å²) in [6.07, 6.45) is 11.6. The van der Waals surface area contributed by atoms with Gasteiger partial charge >= 0.3 is 0 Å². The third kappa shape index (κ3) is 8.80. The zero-order chi connectivity index (χ0) is 42.9. The monoisotopic (exact) mass is 837 g/mol. The third-order valence-corrected chi connectivity index (χ3v) is 14.6. The van der Waals surface area contributed by atoms with Gasteiger partial charge in [-0.2, -0.15) is 0 Å². The highest BCUT2D eigenvalue weighted by atomic mass is 16.5. The van der Waals surface area contributed by atoms with Crippen molar-refractivity contribution < 1.29 is 39.7 Å². The minimum atomic E-state index is -0.898. The van der Waals surface area contributed by atoms with E-state index >= 15 is 0 Å². The zero-order valence-electron chi connectivity index (χ0n) is 36.4. The molecule has 0 spiro atoms. The number of ether oxygens (including phenoxy) is 3. The summed E-state index contributed by atoms with van der Waals surface area (Å²) in [4.78, 5) is 4.29. The lowest BCUT2D eigenvalue weighted by Gasteiger charge is -2.42. The maximum Gasteiger partial charge on any atom is 0.188 e. The smallest absolute Gasteiger partial charge is 0.188 e. The van der Waals surface area contributed by atoms with E-state index in [1.807, 2.05) is 12.1 Å². The number of nitrogens with zero attached hydrogens (tertiary/aromatic N) is 1. The minimum absolute atomic E-state index is 0.0127. The van der Waals surface area contributed by atoms with Gasteiger partial charge in [0.2, 0.25) is 0 Å². The number of aromatic hydroxyl groups is 2. The molecule has 0 aromatic heterocycles. The Balaban J connectivity index is 1.15. The molecule has 2 aliphatic heterocycles. The molecule has 0 bridgehead atoms. The van der Waals surface area contributed by atoms with E-state index in [2.05, 4.69) is 49.3 Å². The number of hydrogen-bond acceptors (Lipinski definition) is 11. The molecule has 330 valence electrons. The second-order valence-corrected chi connectivity index (χ2v) is 18.9. The first-order valence-electron chi connectivity index (χ1n) is 22.9. The van der Waals surface area contributed by atoms with Gasteiger partial charge in [0.25, 0.3) is 0 Å². The number of aliphatic imine (C=N–C) groups is 1. The van der Waals surface area contributed by atoms with Crippen LogP contribution in [0.4, 0.5) is 0 Å². The summed E-state index contributed by atoms with van der Waals surface area (Å²) >= 11 is 0. The molecule has 3 aromatic carbocycles. The molecule has 5 aliphatic rings. The van der Waals surface area contributed by atoms with E-state index in [1.165, 1.54) is 0 Å². The van der Waals surface area contributed by atoms with E-state index < -0.39 is 12.2 Å². The molecule has 8 rings (SSSR count). The number of aliphatic hydroxyl groups excluding tert-OH is 3. The molecular formula is C50H67N3O8. The van der Waals surface area contributed by atoms with Gasteiger partial charge in [-0.3, -0.25) is 4.99 Å². The van der Waals surface area contributed by atoms with Crippen molar-refractivity contribution in [2.75, 3.05) is 26.9 Å². The molecule has 0 amide bonds. The lowest BCUT2D eigenvalue weighted by molar-refractivity contribution is 0.0135. The van der Waals surface area contributed by atoms with Gasteiger partial charge < -0.3 is 50.8 Å². The van der Waals surface area contributed by atoms with Crippen molar-refractivity contribution >= 4 is 5.96 Å². The predicted octanol–water partition coefficient (Wildman–Crippen LogP) is 7.47. The largest absolute Gasteiger partial charge is 0.508 e. The molecule has 0 radical (unpaired) electrons. The van der Waals surface area contributed by atoms with Crippen LogP contribution in [0.25, 0.3) is 11.1 Å². The summed E-state index contributed by atoms with van der Waals surface area (Å²) in [6.45, 7) is 7.44. The Morgan fingerprint density at radius 1 is 0.984 bits per heavy atom. The van der Waals surface area contributed by atoms with Crippen molar-refractivity contribution in [3.05, 3.63) is 76.4 Å². The van der Waals surface area contributed by atoms with Crippen LogP contribution in [0.1, 0.15) is 112 Å². The van der Waals surface area contributed by atoms with Crippen molar-refractivity contribution in [1.29, 1.82) is 0 Å². The second kappa shape index (κ2) is 18.5. The number of methoxy groups -OCH3 is 1. The van der Waals surface area contributed by atoms with Gasteiger partial charge in [-0.15, -0.1) is 0 Å². The van der Waals surface area contributed by atoms with Crippen molar-refractivity contribution in [2.24, 2.45) is 46.2 Å². The topological polar surface area (TPSA) is 179 Å². The lowest BCUT2D eigenvalue weighted by atomic mass is 9.65. The maximum atomic E-state index is 12.2. The van der Waals surface area contributed by atoms with Gasteiger partial charge in [0, 0.05) is 55.3 Å². The number of nitrogens with one attached hydrogen (secondary N) is 1. The van der Waals surface area contributed by atoms with Crippen LogP contribution in [0.3, 0.4) is 0 Å². The fraction of sp³-hybridized carbons (Fsp3) is 0.580. The summed E-state index contributed by atoms with van der Waals surface area (Å²) in [5.74, 6) is 3.95. The van der Waals surface area contributed by atoms with E-state index in [-0.39, 0.29) is 54.8 Å². The van der Waals surface area contributed by atoms with E-state index in [9.17, 15) is 25.5 Å². The highest BCUT2D eigenvalue weighted by molar-refractivity contribution is 5.84. The van der Waals surface area contributed by atoms with Gasteiger partial charge in [0.1, 0.15) is 29.5 Å². The Morgan fingerprint density at radius 2 is 1.82 bits per heavy atom. The molecule has 10 unspecified atom stereocenters. The highest BCUT2D eigenvalue weighted by Crippen LogP contribution is 2.56. The SMILES string of the molecule is CCC1CC(C2Cc3cc(O)c(CC(C)C)cc3-c3c(OC)cc4c(c32)CC(O)C(c2ccc(O)c(OC3CCCC(CO)C3CC3CCN=C(N)N3)c2)O4)C=CC1CCO. The van der Waals surface area contributed by atoms with Crippen LogP contribution in [0.5, 0.6) is 28.7 Å². The van der Waals surface area contributed by atoms with Crippen LogP contribution in [0.2, 0.25) is 0 Å². The van der Waals surface area contributed by atoms with Crippen LogP contribution in [0.15, 0.2) is 53.5 Å². The number of aliphatic hydroxyl groups is 3. The van der Waals surface area contributed by atoms with Gasteiger partial charge in [-0.25, -0.2) is 0 Å². The van der Waals surface area contributed by atoms with Crippen molar-refractivity contribution in [1.82, 2.24) is 5.32 Å². The van der Waals surface area contributed by atoms with Crippen LogP contribution < -0.4 is 25.3 Å². The Bertz CT molecular complexity index is 2100. The Labute approximate surface area is 361 Å². The van der Waals surface area contributed by atoms with Crippen molar-refractivity contribution in [2.45, 2.75) is 122 Å². The second-order valence-electron chi connectivity index (χ2n) is 18.9. The molecule has 1 fully saturated rings. The number of nitrogens with two attached hydrogens (primary N) is 1. The third-order valence-electron chi connectivity index (χ3n) is 14.6. The molecule has 3 aromatic rings. The number of phenols is 2. The van der Waals surface area contributed by atoms with Crippen molar-refractivity contribution in [3.8, 4) is 39.9 Å². The summed E-state index contributed by atoms with van der Waals surface area (Å²) in [6, 6.07) is 11.4. The molecule has 11 nitrogen and oxygen atoms in total. The number of hydrogen-bond donors (Lipinski definition) is 7. The first-order chi connectivity index (χ1) is 29.5. The van der Waals surface area contributed by atoms with Gasteiger partial charge in [0.15, 0.2) is 17.5 Å². The van der Waals surface area contributed by atoms with Crippen LogP contribution in [-0.4, -0.2) is 76.6 Å². The lowest BCUT2D eigenvalue weighted by Crippen LogP contribution is -2.48. The van der Waals surface area contributed by atoms with Crippen LogP contribution in [0, 0.1) is 35.5 Å². The fourth-order valence-electron chi connectivity index (χ4n) is 11.5. The number of phenolic OH excluding ortho intramolecular Hbond substituents is 2. The van der Waals surface area contributed by atoms with Crippen LogP contribution >= 0.6 is 0 Å². The number of allylic oxidation sites excluding steroid dienone is 2. The van der Waals surface area contributed by atoms with E-state index in [0.29, 0.717) is 65.2 Å². The number of guanidine groups is 1. The number of benzene rings is 3. The van der Waals surface area contributed by atoms with Crippen molar-refractivity contribution in [3.63, 3.8) is 0 Å². The number of rotatable bonds is 13. The fourth-order valence-corrected chi connectivity index (χ4v) is 11.5.